The number of hydrogen-bond acceptors (Lipinski definition) is 2. The number of pyridine rings is 1. The fourth-order valence-electron chi connectivity index (χ4n) is 1.06. The molecule has 0 atom stereocenters. The van der Waals surface area contributed by atoms with Gasteiger partial charge in [0.05, 0.1) is 0 Å². The van der Waals surface area contributed by atoms with Crippen molar-refractivity contribution in [2.24, 2.45) is 0 Å². The van der Waals surface area contributed by atoms with Crippen LogP contribution in [0.1, 0.15) is 6.42 Å². The average molecular weight is 246 g/mol. The first-order valence-electron chi connectivity index (χ1n) is 4.09. The van der Waals surface area contributed by atoms with Crippen molar-refractivity contribution in [3.8, 4) is 0 Å². The molecule has 0 aliphatic rings. The summed E-state index contributed by atoms with van der Waals surface area (Å²) in [7, 11) is 1.66. The van der Waals surface area contributed by atoms with Crippen molar-refractivity contribution in [3.05, 3.63) is 33.2 Å². The van der Waals surface area contributed by atoms with E-state index >= 15 is 0 Å². The summed E-state index contributed by atoms with van der Waals surface area (Å²) in [6.45, 7) is 1.38. The number of methoxy groups -OCH3 is 1. The zero-order valence-electron chi connectivity index (χ0n) is 7.50. The maximum Gasteiger partial charge on any atom is 0.250 e. The quantitative estimate of drug-likeness (QED) is 0.756. The molecule has 0 aliphatic heterocycles. The van der Waals surface area contributed by atoms with Crippen LogP contribution in [0.15, 0.2) is 27.6 Å². The van der Waals surface area contributed by atoms with Gasteiger partial charge in [0.25, 0.3) is 5.56 Å². The Morgan fingerprint density at radius 3 is 3.00 bits per heavy atom. The molecule has 72 valence electrons. The number of hydrogen-bond donors (Lipinski definition) is 0. The Labute approximate surface area is 85.5 Å². The third kappa shape index (κ3) is 3.32. The second-order valence-corrected chi connectivity index (χ2v) is 3.64. The number of halogens is 1. The molecule has 0 aromatic carbocycles. The van der Waals surface area contributed by atoms with Crippen molar-refractivity contribution >= 4 is 15.9 Å². The van der Waals surface area contributed by atoms with E-state index in [1.807, 2.05) is 0 Å². The smallest absolute Gasteiger partial charge is 0.250 e. The third-order valence-electron chi connectivity index (χ3n) is 1.69. The summed E-state index contributed by atoms with van der Waals surface area (Å²) in [5.41, 5.74) is 0.0271. The van der Waals surface area contributed by atoms with Crippen LogP contribution in [0.5, 0.6) is 0 Å². The number of ether oxygens (including phenoxy) is 1. The molecule has 0 saturated heterocycles. The number of aromatic nitrogens is 1. The van der Waals surface area contributed by atoms with E-state index in [0.717, 1.165) is 10.9 Å². The third-order valence-corrected chi connectivity index (χ3v) is 2.16. The van der Waals surface area contributed by atoms with Crippen LogP contribution in [-0.4, -0.2) is 18.3 Å². The molecule has 0 bridgehead atoms. The Morgan fingerprint density at radius 2 is 2.31 bits per heavy atom. The van der Waals surface area contributed by atoms with Gasteiger partial charge in [0, 0.05) is 37.0 Å². The molecule has 0 N–H and O–H groups in total. The highest BCUT2D eigenvalue weighted by Crippen LogP contribution is 2.04. The van der Waals surface area contributed by atoms with Crippen LogP contribution < -0.4 is 5.56 Å². The van der Waals surface area contributed by atoms with E-state index < -0.39 is 0 Å². The summed E-state index contributed by atoms with van der Waals surface area (Å²) in [6, 6.07) is 3.30. The lowest BCUT2D eigenvalue weighted by molar-refractivity contribution is 0.190. The number of aryl methyl sites for hydroxylation is 1. The molecule has 1 aromatic heterocycles. The van der Waals surface area contributed by atoms with Gasteiger partial charge < -0.3 is 9.30 Å². The highest BCUT2D eigenvalue weighted by Gasteiger charge is 1.95. The van der Waals surface area contributed by atoms with Crippen LogP contribution >= 0.6 is 15.9 Å². The molecule has 0 aliphatic carbocycles. The average Bonchev–Trinajstić information content (AvgIpc) is 2.11. The largest absolute Gasteiger partial charge is 0.385 e. The zero-order valence-corrected chi connectivity index (χ0v) is 9.08. The van der Waals surface area contributed by atoms with E-state index in [4.69, 9.17) is 4.74 Å². The standard InChI is InChI=1S/C9H12BrNO2/c1-13-6-2-5-11-7-8(10)3-4-9(11)12/h3-4,7H,2,5-6H2,1H3. The van der Waals surface area contributed by atoms with Crippen molar-refractivity contribution in [2.75, 3.05) is 13.7 Å². The molecule has 0 spiro atoms. The molecule has 13 heavy (non-hydrogen) atoms. The van der Waals surface area contributed by atoms with E-state index in [9.17, 15) is 4.79 Å². The maximum atomic E-state index is 11.3. The first-order chi connectivity index (χ1) is 6.24. The molecule has 1 aromatic rings. The van der Waals surface area contributed by atoms with Crippen LogP contribution in [-0.2, 0) is 11.3 Å². The molecule has 4 heteroatoms. The number of rotatable bonds is 4. The van der Waals surface area contributed by atoms with Gasteiger partial charge in [-0.2, -0.15) is 0 Å². The molecule has 0 amide bonds. The van der Waals surface area contributed by atoms with Gasteiger partial charge >= 0.3 is 0 Å². The van der Waals surface area contributed by atoms with E-state index in [2.05, 4.69) is 15.9 Å². The zero-order chi connectivity index (χ0) is 9.68. The Morgan fingerprint density at radius 1 is 1.54 bits per heavy atom. The lowest BCUT2D eigenvalue weighted by Gasteiger charge is -2.04. The minimum atomic E-state index is 0.0271. The van der Waals surface area contributed by atoms with Crippen LogP contribution in [0, 0.1) is 0 Å². The van der Waals surface area contributed by atoms with E-state index in [-0.39, 0.29) is 5.56 Å². The summed E-state index contributed by atoms with van der Waals surface area (Å²) < 4.78 is 7.50. The van der Waals surface area contributed by atoms with Crippen molar-refractivity contribution in [1.82, 2.24) is 4.57 Å². The molecule has 1 heterocycles. The molecule has 0 saturated carbocycles. The Balaban J connectivity index is 2.65. The first-order valence-corrected chi connectivity index (χ1v) is 4.88. The first kappa shape index (κ1) is 10.5. The van der Waals surface area contributed by atoms with Crippen molar-refractivity contribution in [1.29, 1.82) is 0 Å². The van der Waals surface area contributed by atoms with Crippen LogP contribution in [0.25, 0.3) is 0 Å². The van der Waals surface area contributed by atoms with Gasteiger partial charge in [-0.05, 0) is 28.4 Å². The summed E-state index contributed by atoms with van der Waals surface area (Å²) in [6.07, 6.45) is 2.64. The van der Waals surface area contributed by atoms with E-state index in [1.54, 1.807) is 30.0 Å². The SMILES string of the molecule is COCCCn1cc(Br)ccc1=O. The fraction of sp³-hybridized carbons (Fsp3) is 0.444. The van der Waals surface area contributed by atoms with Gasteiger partial charge in [0.1, 0.15) is 0 Å². The maximum absolute atomic E-state index is 11.3. The van der Waals surface area contributed by atoms with Crippen molar-refractivity contribution < 1.29 is 4.74 Å². The lowest BCUT2D eigenvalue weighted by Crippen LogP contribution is -2.18. The predicted octanol–water partition coefficient (Wildman–Crippen LogP) is 1.65. The van der Waals surface area contributed by atoms with Crippen molar-refractivity contribution in [2.45, 2.75) is 13.0 Å². The van der Waals surface area contributed by atoms with Crippen LogP contribution in [0.2, 0.25) is 0 Å². The monoisotopic (exact) mass is 245 g/mol. The molecular formula is C9H12BrNO2. The minimum Gasteiger partial charge on any atom is -0.385 e. The molecule has 0 radical (unpaired) electrons. The molecule has 0 unspecified atom stereocenters. The van der Waals surface area contributed by atoms with Gasteiger partial charge in [0.15, 0.2) is 0 Å². The Hall–Kier alpha value is -0.610. The molecule has 1 rings (SSSR count). The van der Waals surface area contributed by atoms with E-state index in [1.165, 1.54) is 0 Å². The van der Waals surface area contributed by atoms with Crippen LogP contribution in [0.4, 0.5) is 0 Å². The van der Waals surface area contributed by atoms with Gasteiger partial charge in [0.2, 0.25) is 0 Å². The van der Waals surface area contributed by atoms with Gasteiger partial charge in [-0.1, -0.05) is 0 Å². The minimum absolute atomic E-state index is 0.0271. The van der Waals surface area contributed by atoms with Gasteiger partial charge in [-0.3, -0.25) is 4.79 Å². The molecular weight excluding hydrogens is 234 g/mol. The Bertz CT molecular complexity index is 322. The highest BCUT2D eigenvalue weighted by atomic mass is 79.9. The second-order valence-electron chi connectivity index (χ2n) is 2.73. The molecule has 0 fully saturated rings. The summed E-state index contributed by atoms with van der Waals surface area (Å²) in [4.78, 5) is 11.3. The normalized spacial score (nSPS) is 10.3. The Kier molecular flexibility index (Phi) is 4.18. The lowest BCUT2D eigenvalue weighted by atomic mass is 10.4. The topological polar surface area (TPSA) is 31.2 Å². The van der Waals surface area contributed by atoms with Gasteiger partial charge in [-0.15, -0.1) is 0 Å². The predicted molar refractivity (Wildman–Crippen MR) is 54.9 cm³/mol. The van der Waals surface area contributed by atoms with Crippen molar-refractivity contribution in [3.63, 3.8) is 0 Å². The van der Waals surface area contributed by atoms with Gasteiger partial charge in [-0.25, -0.2) is 0 Å². The highest BCUT2D eigenvalue weighted by molar-refractivity contribution is 9.10. The van der Waals surface area contributed by atoms with E-state index in [0.29, 0.717) is 13.2 Å². The summed E-state index contributed by atoms with van der Waals surface area (Å²) >= 11 is 3.31. The van der Waals surface area contributed by atoms with Crippen LogP contribution in [0.3, 0.4) is 0 Å². The summed E-state index contributed by atoms with van der Waals surface area (Å²) in [5.74, 6) is 0. The second kappa shape index (κ2) is 5.19. The fourth-order valence-corrected chi connectivity index (χ4v) is 1.44. The number of nitrogens with zero attached hydrogens (tertiary/aromatic N) is 1. The molecule has 3 nitrogen and oxygen atoms in total. The summed E-state index contributed by atoms with van der Waals surface area (Å²) in [5, 5.41) is 0.